The summed E-state index contributed by atoms with van der Waals surface area (Å²) in [6.45, 7) is 8.42. The number of H-pyrrole nitrogens is 2. The topological polar surface area (TPSA) is 221 Å². The molecule has 16 nitrogen and oxygen atoms in total. The van der Waals surface area contributed by atoms with Crippen LogP contribution in [-0.2, 0) is 22.4 Å². The lowest BCUT2D eigenvalue weighted by atomic mass is 10.1. The fourth-order valence-electron chi connectivity index (χ4n) is 7.07. The number of para-hydroxylation sites is 2. The molecule has 2 fully saturated rings. The zero-order chi connectivity index (χ0) is 43.3. The highest BCUT2D eigenvalue weighted by molar-refractivity contribution is 7.59. The Kier molecular flexibility index (Phi) is 20.7. The molecule has 2 saturated heterocycles. The van der Waals surface area contributed by atoms with Gasteiger partial charge in [-0.3, -0.25) is 19.2 Å². The van der Waals surface area contributed by atoms with E-state index in [0.717, 1.165) is 25.5 Å². The second-order valence-electron chi connectivity index (χ2n) is 14.6. The number of aromatic nitrogens is 6. The van der Waals surface area contributed by atoms with Gasteiger partial charge in [0.05, 0.1) is 32.9 Å². The molecular formula is C44H50Cl2N12O4S2. The molecule has 4 aromatic heterocycles. The molecule has 20 heteroatoms. The first kappa shape index (κ1) is 52.3. The summed E-state index contributed by atoms with van der Waals surface area (Å²) in [5.74, 6) is 2.07. The normalized spacial score (nSPS) is 15.3. The maximum absolute atomic E-state index is 12.8. The third kappa shape index (κ3) is 14.0. The van der Waals surface area contributed by atoms with Gasteiger partial charge in [0.1, 0.15) is 34.8 Å². The molecule has 64 heavy (non-hydrogen) atoms. The van der Waals surface area contributed by atoms with E-state index in [1.165, 1.54) is 6.20 Å². The number of pyridine rings is 2. The van der Waals surface area contributed by atoms with Crippen LogP contribution in [0, 0.1) is 22.7 Å². The Morgan fingerprint density at radius 1 is 0.719 bits per heavy atom. The predicted octanol–water partition coefficient (Wildman–Crippen LogP) is 4.79. The number of piperazine rings is 2. The van der Waals surface area contributed by atoms with Crippen molar-refractivity contribution in [2.45, 2.75) is 51.6 Å². The number of halogens is 2. The van der Waals surface area contributed by atoms with Crippen molar-refractivity contribution < 1.29 is 9.59 Å². The zero-order valence-electron chi connectivity index (χ0n) is 35.3. The van der Waals surface area contributed by atoms with E-state index in [9.17, 15) is 19.2 Å². The maximum atomic E-state index is 12.8. The Bertz CT molecular complexity index is 2690. The Labute approximate surface area is 395 Å². The molecule has 0 radical (unpaired) electrons. The predicted molar refractivity (Wildman–Crippen MR) is 260 cm³/mol. The van der Waals surface area contributed by atoms with E-state index < -0.39 is 0 Å². The van der Waals surface area contributed by atoms with Gasteiger partial charge in [-0.15, -0.1) is 12.4 Å². The summed E-state index contributed by atoms with van der Waals surface area (Å²) in [5.41, 5.74) is 2.04. The van der Waals surface area contributed by atoms with Crippen molar-refractivity contribution in [2.75, 3.05) is 44.2 Å². The van der Waals surface area contributed by atoms with Gasteiger partial charge in [-0.25, -0.2) is 19.9 Å². The average Bonchev–Trinajstić information content (AvgIpc) is 3.28. The summed E-state index contributed by atoms with van der Waals surface area (Å²) in [4.78, 5) is 77.7. The Morgan fingerprint density at radius 2 is 1.23 bits per heavy atom. The molecule has 0 saturated carbocycles. The summed E-state index contributed by atoms with van der Waals surface area (Å²) in [7, 11) is 0. The number of nitrogens with one attached hydrogen (secondary N) is 3. The molecule has 6 heterocycles. The molecule has 2 aliphatic rings. The van der Waals surface area contributed by atoms with Gasteiger partial charge in [-0.1, -0.05) is 35.9 Å². The van der Waals surface area contributed by atoms with E-state index in [1.807, 2.05) is 60.0 Å². The molecule has 8 rings (SSSR count). The summed E-state index contributed by atoms with van der Waals surface area (Å²) in [5, 5.41) is 22.0. The second-order valence-corrected chi connectivity index (χ2v) is 15.0. The molecule has 336 valence electrons. The van der Waals surface area contributed by atoms with E-state index in [0.29, 0.717) is 95.1 Å². The van der Waals surface area contributed by atoms with Gasteiger partial charge in [-0.2, -0.15) is 37.5 Å². The van der Waals surface area contributed by atoms with Crippen LogP contribution in [0.3, 0.4) is 0 Å². The first-order valence-electron chi connectivity index (χ1n) is 19.9. The Morgan fingerprint density at radius 3 is 1.70 bits per heavy atom. The highest BCUT2D eigenvalue weighted by Gasteiger charge is 2.28. The lowest BCUT2D eigenvalue weighted by molar-refractivity contribution is -0.134. The fraction of sp³-hybridized carbons (Fsp3) is 0.318. The molecule has 2 amide bonds. The van der Waals surface area contributed by atoms with Crippen LogP contribution in [0.15, 0.2) is 94.8 Å². The molecule has 0 bridgehead atoms. The first-order chi connectivity index (χ1) is 29.5. The SMILES string of the molecule is C[C@H]1CN(c2ccc(C#N)cn2)CCN1C(=O)CCc1nc2ccccc2c(=O)[nH]1.C[C@H]1CNCCN1C(=O)CCc1nc2ccccc2c(=O)[nH]1.Cl.N#Cc1ccc(Cl)nc1.S.S. The highest BCUT2D eigenvalue weighted by atomic mass is 35.5. The lowest BCUT2D eigenvalue weighted by Crippen LogP contribution is -2.54. The number of aryl methyl sites for hydroxylation is 2. The molecule has 0 unspecified atom stereocenters. The number of carbonyl (C=O) groups is 2. The fourth-order valence-corrected chi connectivity index (χ4v) is 7.19. The summed E-state index contributed by atoms with van der Waals surface area (Å²) in [6, 6.07) is 25.5. The van der Waals surface area contributed by atoms with Crippen LogP contribution in [-0.4, -0.2) is 103 Å². The minimum Gasteiger partial charge on any atom is -0.353 e. The number of nitriles is 2. The van der Waals surface area contributed by atoms with Crippen molar-refractivity contribution in [1.82, 2.24) is 45.0 Å². The zero-order valence-corrected chi connectivity index (χ0v) is 38.8. The molecule has 2 aliphatic heterocycles. The van der Waals surface area contributed by atoms with Crippen molar-refractivity contribution in [2.24, 2.45) is 0 Å². The number of fused-ring (bicyclic) bond motifs is 2. The molecule has 0 spiro atoms. The van der Waals surface area contributed by atoms with Crippen molar-refractivity contribution in [1.29, 1.82) is 10.5 Å². The molecule has 2 atom stereocenters. The maximum Gasteiger partial charge on any atom is 0.258 e. The third-order valence-electron chi connectivity index (χ3n) is 10.3. The van der Waals surface area contributed by atoms with E-state index in [2.05, 4.69) is 46.2 Å². The smallest absolute Gasteiger partial charge is 0.258 e. The van der Waals surface area contributed by atoms with Crippen LogP contribution in [0.25, 0.3) is 21.8 Å². The van der Waals surface area contributed by atoms with Gasteiger partial charge < -0.3 is 30.0 Å². The van der Waals surface area contributed by atoms with Crippen LogP contribution >= 0.6 is 51.0 Å². The number of benzene rings is 2. The monoisotopic (exact) mass is 944 g/mol. The molecule has 6 aromatic rings. The summed E-state index contributed by atoms with van der Waals surface area (Å²) in [6.07, 6.45) is 4.50. The van der Waals surface area contributed by atoms with Crippen LogP contribution in [0.4, 0.5) is 5.82 Å². The molecular weight excluding hydrogens is 896 g/mol. The third-order valence-corrected chi connectivity index (χ3v) is 10.5. The standard InChI is InChI=1S/C22H22N6O2.C16H20N4O2.C6H3ClN2.ClH.2H2S/c1-15-14-27(20-8-6-16(12-23)13-24-20)10-11-28(15)21(29)9-7-19-25-18-5-3-2-4-17(18)22(30)26-19;1-11-10-17-8-9-20(11)15(21)7-6-14-18-13-5-3-2-4-12(13)16(22)19-14;7-6-2-1-5(3-8)4-9-6;;;/h2-6,8,13,15H,7,9-11,14H2,1H3,(H,25,26,30);2-5,11,17H,6-10H2,1H3,(H,18,19,22);1-2,4H;1H;2*1H2/t15-;11-;;;;/m00..../s1. The number of hydrogen-bond acceptors (Lipinski definition) is 12. The van der Waals surface area contributed by atoms with Crippen molar-refractivity contribution in [3.63, 3.8) is 0 Å². The first-order valence-corrected chi connectivity index (χ1v) is 20.3. The Balaban J connectivity index is 0.000000281. The number of hydrogen-bond donors (Lipinski definition) is 3. The summed E-state index contributed by atoms with van der Waals surface area (Å²) < 4.78 is 0. The van der Waals surface area contributed by atoms with E-state index >= 15 is 0 Å². The molecule has 2 aromatic carbocycles. The largest absolute Gasteiger partial charge is 0.353 e. The van der Waals surface area contributed by atoms with Crippen LogP contribution < -0.4 is 21.3 Å². The minimum absolute atomic E-state index is 0. The van der Waals surface area contributed by atoms with Gasteiger partial charge in [-0.05, 0) is 62.4 Å². The van der Waals surface area contributed by atoms with Gasteiger partial charge >= 0.3 is 0 Å². The van der Waals surface area contributed by atoms with Crippen LogP contribution in [0.2, 0.25) is 5.15 Å². The van der Waals surface area contributed by atoms with Crippen LogP contribution in [0.5, 0.6) is 0 Å². The Hall–Kier alpha value is -6.02. The summed E-state index contributed by atoms with van der Waals surface area (Å²) >= 11 is 5.45. The second kappa shape index (κ2) is 25.3. The number of carbonyl (C=O) groups excluding carboxylic acids is 2. The molecule has 3 N–H and O–H groups in total. The van der Waals surface area contributed by atoms with Crippen molar-refractivity contribution >= 4 is 90.4 Å². The minimum atomic E-state index is -0.181. The van der Waals surface area contributed by atoms with Crippen molar-refractivity contribution in [3.05, 3.63) is 134 Å². The number of aromatic amines is 2. The van der Waals surface area contributed by atoms with Gasteiger partial charge in [0.15, 0.2) is 0 Å². The quantitative estimate of drug-likeness (QED) is 0.184. The highest BCUT2D eigenvalue weighted by Crippen LogP contribution is 2.19. The lowest BCUT2D eigenvalue weighted by Gasteiger charge is -2.40. The van der Waals surface area contributed by atoms with Crippen molar-refractivity contribution in [3.8, 4) is 12.1 Å². The van der Waals surface area contributed by atoms with Gasteiger partial charge in [0.25, 0.3) is 11.1 Å². The number of rotatable bonds is 7. The number of nitrogens with zero attached hydrogens (tertiary/aromatic N) is 9. The average molecular weight is 946 g/mol. The van der Waals surface area contributed by atoms with E-state index in [-0.39, 0.29) is 74.4 Å². The van der Waals surface area contributed by atoms with E-state index in [1.54, 1.807) is 48.7 Å². The van der Waals surface area contributed by atoms with E-state index in [4.69, 9.17) is 22.1 Å². The van der Waals surface area contributed by atoms with Crippen LogP contribution in [0.1, 0.15) is 49.5 Å². The van der Waals surface area contributed by atoms with Gasteiger partial charge in [0, 0.05) is 89.4 Å². The number of anilines is 1. The molecule has 0 aliphatic carbocycles. The van der Waals surface area contributed by atoms with Gasteiger partial charge in [0.2, 0.25) is 11.8 Å². The number of amides is 2.